The molecular formula is C17H23BN2O2. The van der Waals surface area contributed by atoms with E-state index in [9.17, 15) is 5.26 Å². The number of rotatable bonds is 2. The van der Waals surface area contributed by atoms with Crippen molar-refractivity contribution in [1.29, 1.82) is 5.26 Å². The molecule has 22 heavy (non-hydrogen) atoms. The Hall–Kier alpha value is -1.38. The first kappa shape index (κ1) is 15.5. The highest BCUT2D eigenvalue weighted by molar-refractivity contribution is 6.62. The van der Waals surface area contributed by atoms with Gasteiger partial charge in [-0.05, 0) is 58.1 Å². The molecule has 3 rings (SSSR count). The van der Waals surface area contributed by atoms with Crippen LogP contribution in [0.25, 0.3) is 0 Å². The third kappa shape index (κ3) is 2.35. The van der Waals surface area contributed by atoms with Gasteiger partial charge in [-0.2, -0.15) is 5.26 Å². The van der Waals surface area contributed by atoms with Gasteiger partial charge in [-0.25, -0.2) is 0 Å². The van der Waals surface area contributed by atoms with Gasteiger partial charge in [-0.1, -0.05) is 12.8 Å². The highest BCUT2D eigenvalue weighted by Crippen LogP contribution is 2.40. The van der Waals surface area contributed by atoms with Gasteiger partial charge in [0.15, 0.2) is 0 Å². The highest BCUT2D eigenvalue weighted by Gasteiger charge is 2.52. The van der Waals surface area contributed by atoms with Crippen molar-refractivity contribution >= 4 is 12.6 Å². The van der Waals surface area contributed by atoms with Gasteiger partial charge < -0.3 is 9.31 Å². The molecule has 1 aliphatic heterocycles. The molecule has 0 unspecified atom stereocenters. The molecule has 1 saturated heterocycles. The largest absolute Gasteiger partial charge is 0.494 e. The van der Waals surface area contributed by atoms with E-state index in [1.807, 2.05) is 39.8 Å². The molecule has 1 aromatic heterocycles. The number of aromatic nitrogens is 1. The van der Waals surface area contributed by atoms with Crippen LogP contribution in [-0.4, -0.2) is 23.3 Å². The van der Waals surface area contributed by atoms with Crippen molar-refractivity contribution in [3.05, 3.63) is 24.0 Å². The summed E-state index contributed by atoms with van der Waals surface area (Å²) in [7, 11) is -0.399. The van der Waals surface area contributed by atoms with Crippen LogP contribution in [0.15, 0.2) is 18.3 Å². The second-order valence-electron chi connectivity index (χ2n) is 7.46. The number of hydrogen-bond donors (Lipinski definition) is 0. The maximum absolute atomic E-state index is 9.64. The van der Waals surface area contributed by atoms with Gasteiger partial charge >= 0.3 is 7.12 Å². The molecule has 0 atom stereocenters. The molecule has 0 spiro atoms. The maximum atomic E-state index is 9.64. The Morgan fingerprint density at radius 2 is 1.73 bits per heavy atom. The van der Waals surface area contributed by atoms with Gasteiger partial charge in [-0.3, -0.25) is 4.98 Å². The van der Waals surface area contributed by atoms with Gasteiger partial charge in [0.25, 0.3) is 0 Å². The van der Waals surface area contributed by atoms with Gasteiger partial charge in [0.2, 0.25) is 0 Å². The lowest BCUT2D eigenvalue weighted by molar-refractivity contribution is 0.00578. The fraction of sp³-hybridized carbons (Fsp3) is 0.647. The zero-order valence-corrected chi connectivity index (χ0v) is 13.8. The quantitative estimate of drug-likeness (QED) is 0.788. The van der Waals surface area contributed by atoms with Crippen LogP contribution in [0.2, 0.25) is 0 Å². The normalized spacial score (nSPS) is 25.1. The zero-order chi connectivity index (χ0) is 16.0. The summed E-state index contributed by atoms with van der Waals surface area (Å²) in [4.78, 5) is 4.47. The van der Waals surface area contributed by atoms with Gasteiger partial charge in [0, 0.05) is 6.20 Å². The summed E-state index contributed by atoms with van der Waals surface area (Å²) in [5.74, 6) is 0. The summed E-state index contributed by atoms with van der Waals surface area (Å²) in [5, 5.41) is 9.64. The fourth-order valence-electron chi connectivity index (χ4n) is 3.24. The minimum absolute atomic E-state index is 0.360. The Balaban J connectivity index is 1.92. The first-order chi connectivity index (χ1) is 10.3. The molecule has 2 aliphatic rings. The van der Waals surface area contributed by atoms with Crippen LogP contribution in [0.1, 0.15) is 59.1 Å². The molecule has 4 nitrogen and oxygen atoms in total. The molecular weight excluding hydrogens is 275 g/mol. The van der Waals surface area contributed by atoms with Crippen LogP contribution in [-0.2, 0) is 14.7 Å². The standard InChI is InChI=1S/C17H23BN2O2/c1-15(2)16(3,4)22-18(21-15)13-7-10-20-14(11-13)17(12-19)8-5-6-9-17/h7,10-11H,5-6,8-9H2,1-4H3. The molecule has 0 aromatic carbocycles. The van der Waals surface area contributed by atoms with Crippen molar-refractivity contribution in [1.82, 2.24) is 4.98 Å². The van der Waals surface area contributed by atoms with Gasteiger partial charge in [-0.15, -0.1) is 0 Å². The van der Waals surface area contributed by atoms with Crippen molar-refractivity contribution in [3.63, 3.8) is 0 Å². The van der Waals surface area contributed by atoms with E-state index in [4.69, 9.17) is 9.31 Å². The Kier molecular flexibility index (Phi) is 3.58. The van der Waals surface area contributed by atoms with Crippen LogP contribution in [0.5, 0.6) is 0 Å². The lowest BCUT2D eigenvalue weighted by Crippen LogP contribution is -2.41. The smallest absolute Gasteiger partial charge is 0.399 e. The van der Waals surface area contributed by atoms with Crippen molar-refractivity contribution in [2.75, 3.05) is 0 Å². The molecule has 0 radical (unpaired) electrons. The predicted octanol–water partition coefficient (Wildman–Crippen LogP) is 2.72. The molecule has 0 amide bonds. The predicted molar refractivity (Wildman–Crippen MR) is 85.7 cm³/mol. The second kappa shape index (κ2) is 5.08. The Morgan fingerprint density at radius 1 is 1.14 bits per heavy atom. The van der Waals surface area contributed by atoms with Gasteiger partial charge in [0.1, 0.15) is 0 Å². The summed E-state index contributed by atoms with van der Waals surface area (Å²) < 4.78 is 12.2. The number of pyridine rings is 1. The van der Waals surface area contributed by atoms with E-state index in [0.29, 0.717) is 0 Å². The second-order valence-corrected chi connectivity index (χ2v) is 7.46. The molecule has 116 valence electrons. The SMILES string of the molecule is CC1(C)OB(c2ccnc(C3(C#N)CCCC3)c2)OC1(C)C. The van der Waals surface area contributed by atoms with Crippen molar-refractivity contribution < 1.29 is 9.31 Å². The van der Waals surface area contributed by atoms with Crippen LogP contribution in [0.4, 0.5) is 0 Å². The molecule has 1 aromatic rings. The summed E-state index contributed by atoms with van der Waals surface area (Å²) in [5.41, 5.74) is 0.660. The van der Waals surface area contributed by atoms with E-state index in [2.05, 4.69) is 11.1 Å². The van der Waals surface area contributed by atoms with Crippen LogP contribution in [0.3, 0.4) is 0 Å². The molecule has 2 fully saturated rings. The number of nitriles is 1. The minimum atomic E-state index is -0.431. The highest BCUT2D eigenvalue weighted by atomic mass is 16.7. The third-order valence-corrected chi connectivity index (χ3v) is 5.47. The van der Waals surface area contributed by atoms with E-state index in [0.717, 1.165) is 36.8 Å². The first-order valence-electron chi connectivity index (χ1n) is 8.03. The lowest BCUT2D eigenvalue weighted by Gasteiger charge is -2.32. The third-order valence-electron chi connectivity index (χ3n) is 5.47. The molecule has 2 heterocycles. The van der Waals surface area contributed by atoms with Crippen LogP contribution < -0.4 is 5.46 Å². The maximum Gasteiger partial charge on any atom is 0.494 e. The van der Waals surface area contributed by atoms with E-state index < -0.39 is 12.5 Å². The summed E-state index contributed by atoms with van der Waals surface area (Å²) in [6.45, 7) is 8.18. The first-order valence-corrected chi connectivity index (χ1v) is 8.03. The molecule has 1 aliphatic carbocycles. The molecule has 1 saturated carbocycles. The fourth-order valence-corrected chi connectivity index (χ4v) is 3.24. The van der Waals surface area contributed by atoms with E-state index in [-0.39, 0.29) is 11.2 Å². The summed E-state index contributed by atoms with van der Waals surface area (Å²) in [6, 6.07) is 6.42. The van der Waals surface area contributed by atoms with E-state index >= 15 is 0 Å². The van der Waals surface area contributed by atoms with E-state index in [1.165, 1.54) is 0 Å². The average Bonchev–Trinajstić information content (AvgIpc) is 3.03. The van der Waals surface area contributed by atoms with Gasteiger partial charge in [0.05, 0.1) is 28.4 Å². The molecule has 0 N–H and O–H groups in total. The number of nitrogens with zero attached hydrogens (tertiary/aromatic N) is 2. The van der Waals surface area contributed by atoms with Crippen molar-refractivity contribution in [2.45, 2.75) is 70.0 Å². The Labute approximate surface area is 133 Å². The Bertz CT molecular complexity index is 599. The summed E-state index contributed by atoms with van der Waals surface area (Å²) in [6.07, 6.45) is 5.74. The topological polar surface area (TPSA) is 55.1 Å². The Morgan fingerprint density at radius 3 is 2.27 bits per heavy atom. The number of hydrogen-bond acceptors (Lipinski definition) is 4. The van der Waals surface area contributed by atoms with Crippen molar-refractivity contribution in [2.24, 2.45) is 0 Å². The summed E-state index contributed by atoms with van der Waals surface area (Å²) >= 11 is 0. The molecule has 0 bridgehead atoms. The molecule has 5 heteroatoms. The average molecular weight is 298 g/mol. The lowest BCUT2D eigenvalue weighted by atomic mass is 9.76. The van der Waals surface area contributed by atoms with Crippen LogP contribution in [0, 0.1) is 11.3 Å². The monoisotopic (exact) mass is 298 g/mol. The van der Waals surface area contributed by atoms with E-state index in [1.54, 1.807) is 6.20 Å². The minimum Gasteiger partial charge on any atom is -0.399 e. The van der Waals surface area contributed by atoms with Crippen LogP contribution >= 0.6 is 0 Å². The zero-order valence-electron chi connectivity index (χ0n) is 13.8. The van der Waals surface area contributed by atoms with Crippen molar-refractivity contribution in [3.8, 4) is 6.07 Å².